The second-order valence-corrected chi connectivity index (χ2v) is 8.15. The first kappa shape index (κ1) is 19.8. The van der Waals surface area contributed by atoms with Crippen molar-refractivity contribution < 1.29 is 14.6 Å². The van der Waals surface area contributed by atoms with Crippen molar-refractivity contribution in [2.24, 2.45) is 5.92 Å². The lowest BCUT2D eigenvalue weighted by molar-refractivity contribution is 0.136. The average Bonchev–Trinajstić information content (AvgIpc) is 3.50. The van der Waals surface area contributed by atoms with Crippen LogP contribution in [-0.2, 0) is 6.54 Å². The van der Waals surface area contributed by atoms with Crippen LogP contribution < -0.4 is 10.1 Å². The van der Waals surface area contributed by atoms with Crippen LogP contribution in [0.1, 0.15) is 45.1 Å². The van der Waals surface area contributed by atoms with Crippen molar-refractivity contribution in [1.29, 1.82) is 0 Å². The fourth-order valence-corrected chi connectivity index (χ4v) is 3.84. The fourth-order valence-electron chi connectivity index (χ4n) is 3.84. The molecule has 1 aliphatic heterocycles. The van der Waals surface area contributed by atoms with Gasteiger partial charge in [0.2, 0.25) is 0 Å². The minimum absolute atomic E-state index is 0.0196. The van der Waals surface area contributed by atoms with E-state index in [0.717, 1.165) is 31.5 Å². The molecule has 1 aromatic rings. The first-order valence-corrected chi connectivity index (χ1v) is 10.1. The van der Waals surface area contributed by atoms with Crippen LogP contribution in [0.4, 0.5) is 4.79 Å². The van der Waals surface area contributed by atoms with E-state index in [1.807, 2.05) is 11.0 Å². The van der Waals surface area contributed by atoms with Gasteiger partial charge >= 0.3 is 6.03 Å². The summed E-state index contributed by atoms with van der Waals surface area (Å²) < 4.78 is 5.19. The first-order chi connectivity index (χ1) is 13.0. The Morgan fingerprint density at radius 1 is 1.37 bits per heavy atom. The van der Waals surface area contributed by atoms with Gasteiger partial charge in [0.1, 0.15) is 0 Å². The Balaban J connectivity index is 1.56. The molecule has 1 atom stereocenters. The predicted octanol–water partition coefficient (Wildman–Crippen LogP) is 3.20. The van der Waals surface area contributed by atoms with Crippen molar-refractivity contribution in [3.8, 4) is 11.5 Å². The zero-order valence-corrected chi connectivity index (χ0v) is 16.8. The van der Waals surface area contributed by atoms with Crippen molar-refractivity contribution in [3.63, 3.8) is 0 Å². The number of nitrogens with zero attached hydrogens (tertiary/aromatic N) is 2. The Labute approximate surface area is 162 Å². The van der Waals surface area contributed by atoms with Crippen LogP contribution in [0.5, 0.6) is 11.5 Å². The summed E-state index contributed by atoms with van der Waals surface area (Å²) in [5.41, 5.74) is 0.968. The maximum Gasteiger partial charge on any atom is 0.317 e. The van der Waals surface area contributed by atoms with E-state index in [9.17, 15) is 9.90 Å². The van der Waals surface area contributed by atoms with Crippen LogP contribution in [0.2, 0.25) is 0 Å². The third-order valence-corrected chi connectivity index (χ3v) is 5.67. The molecule has 0 spiro atoms. The number of carbonyl (C=O) groups excluding carboxylic acids is 1. The maximum atomic E-state index is 12.8. The third kappa shape index (κ3) is 5.28. The molecule has 1 unspecified atom stereocenters. The van der Waals surface area contributed by atoms with Gasteiger partial charge in [0, 0.05) is 31.7 Å². The highest BCUT2D eigenvalue weighted by Gasteiger charge is 2.33. The number of amides is 2. The number of hydrogen-bond acceptors (Lipinski definition) is 4. The monoisotopic (exact) mass is 375 g/mol. The molecular weight excluding hydrogens is 342 g/mol. The summed E-state index contributed by atoms with van der Waals surface area (Å²) in [6.45, 7) is 7.99. The highest BCUT2D eigenvalue weighted by atomic mass is 16.5. The topological polar surface area (TPSA) is 65.0 Å². The van der Waals surface area contributed by atoms with Gasteiger partial charge in [-0.3, -0.25) is 0 Å². The molecule has 2 fully saturated rings. The molecule has 0 bridgehead atoms. The summed E-state index contributed by atoms with van der Waals surface area (Å²) in [4.78, 5) is 17.3. The minimum atomic E-state index is 0.0196. The lowest BCUT2D eigenvalue weighted by Gasteiger charge is -2.35. The Kier molecular flexibility index (Phi) is 6.47. The summed E-state index contributed by atoms with van der Waals surface area (Å²) in [5, 5.41) is 12.9. The predicted molar refractivity (Wildman–Crippen MR) is 106 cm³/mol. The summed E-state index contributed by atoms with van der Waals surface area (Å²) in [6.07, 6.45) is 4.51. The van der Waals surface area contributed by atoms with E-state index in [-0.39, 0.29) is 11.8 Å². The number of hydrogen-bond donors (Lipinski definition) is 2. The highest BCUT2D eigenvalue weighted by molar-refractivity contribution is 5.75. The van der Waals surface area contributed by atoms with Crippen LogP contribution >= 0.6 is 0 Å². The molecule has 2 aliphatic rings. The summed E-state index contributed by atoms with van der Waals surface area (Å²) in [5.74, 6) is 1.09. The number of methoxy groups -OCH3 is 1. The van der Waals surface area contributed by atoms with Crippen molar-refractivity contribution in [1.82, 2.24) is 15.1 Å². The van der Waals surface area contributed by atoms with Crippen LogP contribution in [0.25, 0.3) is 0 Å². The SMILES string of the molecule is COc1cc(CN(C(=O)NCC2CCCN(C(C)C)C2)C2CC2)ccc1O. The quantitative estimate of drug-likeness (QED) is 0.768. The molecule has 6 nitrogen and oxygen atoms in total. The van der Waals surface area contributed by atoms with Gasteiger partial charge in [-0.1, -0.05) is 6.07 Å². The average molecular weight is 376 g/mol. The molecule has 0 radical (unpaired) electrons. The Hall–Kier alpha value is -1.95. The molecule has 1 saturated heterocycles. The summed E-state index contributed by atoms with van der Waals surface area (Å²) in [7, 11) is 1.54. The Morgan fingerprint density at radius 3 is 2.81 bits per heavy atom. The number of carbonyl (C=O) groups is 1. The molecule has 0 aromatic heterocycles. The molecule has 1 aliphatic carbocycles. The van der Waals surface area contributed by atoms with Gasteiger partial charge in [-0.25, -0.2) is 4.79 Å². The number of aromatic hydroxyl groups is 1. The molecule has 27 heavy (non-hydrogen) atoms. The minimum Gasteiger partial charge on any atom is -0.504 e. The van der Waals surface area contributed by atoms with E-state index in [4.69, 9.17) is 4.74 Å². The number of likely N-dealkylation sites (tertiary alicyclic amines) is 1. The van der Waals surface area contributed by atoms with Crippen LogP contribution in [0.3, 0.4) is 0 Å². The van der Waals surface area contributed by atoms with E-state index in [1.165, 1.54) is 26.5 Å². The maximum absolute atomic E-state index is 12.8. The number of piperidine rings is 1. The molecule has 6 heteroatoms. The van der Waals surface area contributed by atoms with Gasteiger partial charge in [0.25, 0.3) is 0 Å². The molecule has 2 N–H and O–H groups in total. The van der Waals surface area contributed by atoms with Gasteiger partial charge in [-0.15, -0.1) is 0 Å². The Bertz CT molecular complexity index is 646. The molecule has 2 amide bonds. The smallest absolute Gasteiger partial charge is 0.317 e. The van der Waals surface area contributed by atoms with Gasteiger partial charge in [0.15, 0.2) is 11.5 Å². The number of benzene rings is 1. The summed E-state index contributed by atoms with van der Waals surface area (Å²) in [6, 6.07) is 6.19. The molecule has 1 heterocycles. The largest absolute Gasteiger partial charge is 0.504 e. The lowest BCUT2D eigenvalue weighted by atomic mass is 9.97. The van der Waals surface area contributed by atoms with E-state index in [1.54, 1.807) is 12.1 Å². The van der Waals surface area contributed by atoms with Crippen molar-refractivity contribution in [2.45, 2.75) is 58.2 Å². The van der Waals surface area contributed by atoms with Crippen LogP contribution in [0.15, 0.2) is 18.2 Å². The number of nitrogens with one attached hydrogen (secondary N) is 1. The summed E-state index contributed by atoms with van der Waals surface area (Å²) >= 11 is 0. The Morgan fingerprint density at radius 2 is 2.15 bits per heavy atom. The van der Waals surface area contributed by atoms with Crippen molar-refractivity contribution in [3.05, 3.63) is 23.8 Å². The normalized spacial score (nSPS) is 20.5. The van der Waals surface area contributed by atoms with Crippen molar-refractivity contribution in [2.75, 3.05) is 26.7 Å². The number of phenolic OH excluding ortho intramolecular Hbond substituents is 1. The molecule has 3 rings (SSSR count). The number of rotatable bonds is 7. The second-order valence-electron chi connectivity index (χ2n) is 8.15. The van der Waals surface area contributed by atoms with Gasteiger partial charge < -0.3 is 25.0 Å². The number of ether oxygens (including phenoxy) is 1. The van der Waals surface area contributed by atoms with Gasteiger partial charge in [-0.05, 0) is 69.7 Å². The van der Waals surface area contributed by atoms with E-state index in [0.29, 0.717) is 30.3 Å². The van der Waals surface area contributed by atoms with Crippen LogP contribution in [-0.4, -0.2) is 59.8 Å². The third-order valence-electron chi connectivity index (χ3n) is 5.67. The molecule has 150 valence electrons. The van der Waals surface area contributed by atoms with Crippen LogP contribution in [0, 0.1) is 5.92 Å². The number of phenols is 1. The van der Waals surface area contributed by atoms with E-state index < -0.39 is 0 Å². The molecule has 1 saturated carbocycles. The first-order valence-electron chi connectivity index (χ1n) is 10.1. The van der Waals surface area contributed by atoms with Gasteiger partial charge in [0.05, 0.1) is 7.11 Å². The van der Waals surface area contributed by atoms with Crippen molar-refractivity contribution >= 4 is 6.03 Å². The zero-order chi connectivity index (χ0) is 19.4. The van der Waals surface area contributed by atoms with E-state index >= 15 is 0 Å². The number of urea groups is 1. The zero-order valence-electron chi connectivity index (χ0n) is 16.8. The fraction of sp³-hybridized carbons (Fsp3) is 0.667. The van der Waals surface area contributed by atoms with E-state index in [2.05, 4.69) is 24.1 Å². The standard InChI is InChI=1S/C21H33N3O3/c1-15(2)23-10-4-5-17(13-23)12-22-21(26)24(18-7-8-18)14-16-6-9-19(25)20(11-16)27-3/h6,9,11,15,17-18,25H,4-5,7-8,10,12-14H2,1-3H3,(H,22,26). The lowest BCUT2D eigenvalue weighted by Crippen LogP contribution is -2.47. The highest BCUT2D eigenvalue weighted by Crippen LogP contribution is 2.31. The molecule has 1 aromatic carbocycles. The molecular formula is C21H33N3O3. The second kappa shape index (κ2) is 8.83. The van der Waals surface area contributed by atoms with Gasteiger partial charge in [-0.2, -0.15) is 0 Å².